The van der Waals surface area contributed by atoms with E-state index >= 15 is 0 Å². The molecule has 3 N–H and O–H groups in total. The third-order valence-electron chi connectivity index (χ3n) is 1.92. The van der Waals surface area contributed by atoms with Gasteiger partial charge in [0, 0.05) is 0 Å². The van der Waals surface area contributed by atoms with Crippen LogP contribution in [-0.4, -0.2) is 43.3 Å². The van der Waals surface area contributed by atoms with Crippen LogP contribution in [-0.2, 0) is 12.7 Å². The molecule has 1 atom stereocenters. The van der Waals surface area contributed by atoms with Gasteiger partial charge < -0.3 is 0 Å². The summed E-state index contributed by atoms with van der Waals surface area (Å²) in [7, 11) is 0. The van der Waals surface area contributed by atoms with Crippen LogP contribution in [0.15, 0.2) is 0 Å². The second-order valence-electron chi connectivity index (χ2n) is 5.49. The molecule has 0 aromatic carbocycles. The van der Waals surface area contributed by atoms with Crippen molar-refractivity contribution in [3.05, 3.63) is 0 Å². The van der Waals surface area contributed by atoms with E-state index in [0.29, 0.717) is 12.3 Å². The third-order valence-corrected chi connectivity index (χ3v) is 4.24. The summed E-state index contributed by atoms with van der Waals surface area (Å²) in [5, 5.41) is 2.62. The molecule has 0 aliphatic carbocycles. The van der Waals surface area contributed by atoms with Crippen LogP contribution in [0.25, 0.3) is 0 Å². The van der Waals surface area contributed by atoms with Gasteiger partial charge in [-0.1, -0.05) is 0 Å². The molecule has 1 amide bonds. The predicted molar refractivity (Wildman–Crippen MR) is 69.9 cm³/mol. The molecule has 0 fully saturated rings. The van der Waals surface area contributed by atoms with Gasteiger partial charge in [-0.25, -0.2) is 0 Å². The number of hydrogen-bond acceptors (Lipinski definition) is 4. The summed E-state index contributed by atoms with van der Waals surface area (Å²) in [6.07, 6.45) is 0.576. The first-order valence-electron chi connectivity index (χ1n) is 5.88. The Balaban J connectivity index is 4.56. The molecule has 6 heteroatoms. The van der Waals surface area contributed by atoms with Gasteiger partial charge in [0.2, 0.25) is 0 Å². The fourth-order valence-corrected chi connectivity index (χ4v) is 3.44. The number of carbonyl (C=O) groups excluding carboxylic acids is 2. The van der Waals surface area contributed by atoms with Crippen LogP contribution in [0, 0.1) is 5.92 Å². The molecular formula is C11H24N2O3Sn. The Bertz CT molecular complexity index is 274. The van der Waals surface area contributed by atoms with Crippen LogP contribution in [0.5, 0.6) is 0 Å². The molecule has 0 unspecified atom stereocenters. The average Bonchev–Trinajstić information content (AvgIpc) is 2.13. The predicted octanol–water partition coefficient (Wildman–Crippen LogP) is 0.854. The molecule has 0 saturated carbocycles. The second-order valence-corrected chi connectivity index (χ2v) is 18.1. The van der Waals surface area contributed by atoms with Gasteiger partial charge >= 0.3 is 108 Å². The van der Waals surface area contributed by atoms with Crippen molar-refractivity contribution in [2.24, 2.45) is 11.7 Å². The van der Waals surface area contributed by atoms with E-state index in [1.807, 2.05) is 28.7 Å². The number of hydrogen-bond donors (Lipinski definition) is 2. The van der Waals surface area contributed by atoms with Crippen LogP contribution in [0.1, 0.15) is 20.3 Å². The summed E-state index contributed by atoms with van der Waals surface area (Å²) >= 11 is -2.63. The van der Waals surface area contributed by atoms with E-state index in [2.05, 4.69) is 5.32 Å². The molecule has 0 spiro atoms. The van der Waals surface area contributed by atoms with Crippen molar-refractivity contribution in [2.45, 2.75) is 41.1 Å². The van der Waals surface area contributed by atoms with Crippen LogP contribution < -0.4 is 11.1 Å². The summed E-state index contributed by atoms with van der Waals surface area (Å²) in [5.41, 5.74) is 5.23. The van der Waals surface area contributed by atoms with E-state index in [1.165, 1.54) is 0 Å². The summed E-state index contributed by atoms with van der Waals surface area (Å²) in [6.45, 7) is 3.88. The molecular weight excluding hydrogens is 327 g/mol. The van der Waals surface area contributed by atoms with Gasteiger partial charge in [-0.05, 0) is 0 Å². The zero-order valence-electron chi connectivity index (χ0n) is 11.4. The van der Waals surface area contributed by atoms with E-state index < -0.39 is 24.8 Å². The first kappa shape index (κ1) is 16.7. The van der Waals surface area contributed by atoms with Crippen molar-refractivity contribution in [1.29, 1.82) is 0 Å². The number of amides is 1. The minimum atomic E-state index is -2.63. The topological polar surface area (TPSA) is 81.4 Å². The first-order valence-corrected chi connectivity index (χ1v) is 15.6. The van der Waals surface area contributed by atoms with Crippen molar-refractivity contribution in [2.75, 3.05) is 6.54 Å². The van der Waals surface area contributed by atoms with E-state index in [4.69, 9.17) is 8.81 Å². The molecule has 0 saturated heterocycles. The number of rotatable bonds is 6. The Morgan fingerprint density at radius 1 is 1.29 bits per heavy atom. The summed E-state index contributed by atoms with van der Waals surface area (Å²) in [5.74, 6) is -0.332. The molecule has 0 aromatic rings. The molecule has 0 aliphatic heterocycles. The minimum absolute atomic E-state index is 0.110. The fraction of sp³-hybridized carbons (Fsp3) is 0.818. The zero-order chi connectivity index (χ0) is 13.6. The number of nitrogens with one attached hydrogen (secondary N) is 1. The summed E-state index contributed by atoms with van der Waals surface area (Å²) in [6, 6.07) is -0.568. The maximum absolute atomic E-state index is 11.9. The third kappa shape index (κ3) is 8.43. The van der Waals surface area contributed by atoms with E-state index in [-0.39, 0.29) is 18.4 Å². The van der Waals surface area contributed by atoms with Gasteiger partial charge in [0.15, 0.2) is 0 Å². The average molecular weight is 351 g/mol. The molecule has 0 aliphatic rings. The Kier molecular flexibility index (Phi) is 7.08. The van der Waals surface area contributed by atoms with Gasteiger partial charge in [-0.2, -0.15) is 0 Å². The quantitative estimate of drug-likeness (QED) is 0.696. The monoisotopic (exact) mass is 352 g/mol. The van der Waals surface area contributed by atoms with E-state index in [9.17, 15) is 9.59 Å². The van der Waals surface area contributed by atoms with Crippen molar-refractivity contribution in [3.8, 4) is 0 Å². The fourth-order valence-electron chi connectivity index (χ4n) is 1.31. The van der Waals surface area contributed by atoms with Gasteiger partial charge in [0.25, 0.3) is 0 Å². The molecule has 0 heterocycles. The van der Waals surface area contributed by atoms with Crippen molar-refractivity contribution in [1.82, 2.24) is 5.32 Å². The van der Waals surface area contributed by atoms with Crippen molar-refractivity contribution >= 4 is 30.7 Å². The first-order chi connectivity index (χ1) is 7.65. The molecule has 0 aromatic heterocycles. The molecule has 5 nitrogen and oxygen atoms in total. The summed E-state index contributed by atoms with van der Waals surface area (Å²) in [4.78, 5) is 29.2. The second kappa shape index (κ2) is 7.20. The van der Waals surface area contributed by atoms with Gasteiger partial charge in [0.05, 0.1) is 0 Å². The Hall–Kier alpha value is -0.301. The zero-order valence-corrected chi connectivity index (χ0v) is 14.2. The van der Waals surface area contributed by atoms with Crippen LogP contribution >= 0.6 is 0 Å². The van der Waals surface area contributed by atoms with E-state index in [0.717, 1.165) is 0 Å². The Labute approximate surface area is 108 Å². The number of nitrogens with two attached hydrogens (primary N) is 1. The maximum atomic E-state index is 11.9. The normalized spacial score (nSPS) is 13.4. The molecule has 0 rings (SSSR count). The van der Waals surface area contributed by atoms with Crippen molar-refractivity contribution < 1.29 is 12.7 Å². The van der Waals surface area contributed by atoms with Crippen LogP contribution in [0.3, 0.4) is 0 Å². The molecule has 17 heavy (non-hydrogen) atoms. The van der Waals surface area contributed by atoms with Gasteiger partial charge in [-0.15, -0.1) is 0 Å². The standard InChI is InChI=1S/C8H16N2O3.3CH3.Sn/c1-5(2)3-6(8(12)13)10-7(11)4-9;;;;/h5-6H,3-4,9H2,1-2H3,(H,10,11)(H,12,13);3*1H3;/q;;;;+1/p-1/t6-;;;;/m1..../s1. The van der Waals surface area contributed by atoms with Gasteiger partial charge in [0.1, 0.15) is 0 Å². The van der Waals surface area contributed by atoms with Crippen molar-refractivity contribution in [3.63, 3.8) is 0 Å². The Morgan fingerprint density at radius 3 is 2.18 bits per heavy atom. The SMILES string of the molecule is CC(C)C[C@@H](NC(=O)CN)C(=O)[O][Sn]([CH3])([CH3])[CH3]. The molecule has 100 valence electrons. The molecule has 0 radical (unpaired) electrons. The Morgan fingerprint density at radius 2 is 1.82 bits per heavy atom. The van der Waals surface area contributed by atoms with E-state index in [1.54, 1.807) is 0 Å². The summed E-state index contributed by atoms with van der Waals surface area (Å²) < 4.78 is 5.46. The van der Waals surface area contributed by atoms with Gasteiger partial charge in [-0.3, -0.25) is 0 Å². The van der Waals surface area contributed by atoms with Crippen LogP contribution in [0.4, 0.5) is 0 Å². The van der Waals surface area contributed by atoms with Crippen LogP contribution in [0.2, 0.25) is 14.8 Å². The molecule has 0 bridgehead atoms. The number of carbonyl (C=O) groups is 2.